The lowest BCUT2D eigenvalue weighted by Crippen LogP contribution is -2.38. The smallest absolute Gasteiger partial charge is 0.229 e. The Morgan fingerprint density at radius 2 is 2.00 bits per heavy atom. The average Bonchev–Trinajstić information content (AvgIpc) is 3.11. The molecule has 134 valence electrons. The van der Waals surface area contributed by atoms with Crippen LogP contribution in [0.4, 0.5) is 10.8 Å². The van der Waals surface area contributed by atoms with E-state index < -0.39 is 0 Å². The van der Waals surface area contributed by atoms with Crippen LogP contribution in [-0.2, 0) is 4.79 Å². The van der Waals surface area contributed by atoms with Crippen LogP contribution in [0.1, 0.15) is 50.5 Å². The number of carbonyl (C=O) groups excluding carboxylic acids is 1. The second-order valence-electron chi connectivity index (χ2n) is 6.72. The van der Waals surface area contributed by atoms with Gasteiger partial charge in [-0.15, -0.1) is 10.2 Å². The van der Waals surface area contributed by atoms with Crippen molar-refractivity contribution in [2.24, 2.45) is 5.92 Å². The van der Waals surface area contributed by atoms with Gasteiger partial charge in [-0.05, 0) is 31.4 Å². The predicted molar refractivity (Wildman–Crippen MR) is 103 cm³/mol. The molecule has 0 saturated carbocycles. The Bertz CT molecular complexity index is 680. The number of benzene rings is 1. The minimum atomic E-state index is 0.0559. The highest BCUT2D eigenvalue weighted by atomic mass is 32.1. The van der Waals surface area contributed by atoms with Crippen molar-refractivity contribution in [1.82, 2.24) is 10.2 Å². The van der Waals surface area contributed by atoms with Gasteiger partial charge in [0.25, 0.3) is 0 Å². The van der Waals surface area contributed by atoms with Gasteiger partial charge in [-0.2, -0.15) is 0 Å². The van der Waals surface area contributed by atoms with Crippen molar-refractivity contribution in [2.45, 2.75) is 45.4 Å². The molecule has 1 aliphatic rings. The number of rotatable bonds is 6. The second-order valence-corrected chi connectivity index (χ2v) is 7.73. The first-order chi connectivity index (χ1) is 12.2. The van der Waals surface area contributed by atoms with E-state index in [0.29, 0.717) is 11.0 Å². The Balaban J connectivity index is 1.51. The Kier molecular flexibility index (Phi) is 6.02. The lowest BCUT2D eigenvalue weighted by Gasteiger charge is -2.32. The fraction of sp³-hybridized carbons (Fsp3) is 0.526. The van der Waals surface area contributed by atoms with Gasteiger partial charge in [-0.3, -0.25) is 4.79 Å². The lowest BCUT2D eigenvalue weighted by atomic mass is 9.95. The van der Waals surface area contributed by atoms with E-state index in [1.165, 1.54) is 17.0 Å². The summed E-state index contributed by atoms with van der Waals surface area (Å²) in [7, 11) is 0. The summed E-state index contributed by atoms with van der Waals surface area (Å²) in [4.78, 5) is 14.9. The fourth-order valence-corrected chi connectivity index (χ4v) is 4.12. The van der Waals surface area contributed by atoms with Gasteiger partial charge >= 0.3 is 0 Å². The van der Waals surface area contributed by atoms with Gasteiger partial charge < -0.3 is 10.2 Å². The number of nitrogens with one attached hydrogen (secondary N) is 1. The monoisotopic (exact) mass is 358 g/mol. The van der Waals surface area contributed by atoms with Crippen molar-refractivity contribution in [3.05, 3.63) is 35.3 Å². The van der Waals surface area contributed by atoms with Crippen molar-refractivity contribution in [3.8, 4) is 0 Å². The van der Waals surface area contributed by atoms with E-state index in [0.717, 1.165) is 43.8 Å². The first kappa shape index (κ1) is 17.9. The molecule has 0 bridgehead atoms. The van der Waals surface area contributed by atoms with Crippen LogP contribution in [0, 0.1) is 5.92 Å². The molecule has 6 heteroatoms. The molecule has 1 aromatic carbocycles. The van der Waals surface area contributed by atoms with E-state index in [4.69, 9.17) is 0 Å². The number of hydrogen-bond donors (Lipinski definition) is 1. The molecule has 1 amide bonds. The first-order valence-corrected chi connectivity index (χ1v) is 9.93. The Morgan fingerprint density at radius 1 is 1.28 bits per heavy atom. The quantitative estimate of drug-likeness (QED) is 0.836. The number of hydrogen-bond acceptors (Lipinski definition) is 5. The molecular formula is C19H26N4OS. The number of piperidine rings is 1. The Morgan fingerprint density at radius 3 is 2.68 bits per heavy atom. The number of amides is 1. The third-order valence-corrected chi connectivity index (χ3v) is 5.87. The maximum Gasteiger partial charge on any atom is 0.229 e. The highest BCUT2D eigenvalue weighted by Crippen LogP contribution is 2.28. The molecule has 5 nitrogen and oxygen atoms in total. The van der Waals surface area contributed by atoms with Gasteiger partial charge in [0, 0.05) is 30.6 Å². The molecular weight excluding hydrogens is 332 g/mol. The normalized spacial score (nSPS) is 16.6. The topological polar surface area (TPSA) is 58.1 Å². The van der Waals surface area contributed by atoms with Crippen LogP contribution in [0.5, 0.6) is 0 Å². The van der Waals surface area contributed by atoms with E-state index in [2.05, 4.69) is 58.5 Å². The van der Waals surface area contributed by atoms with Gasteiger partial charge in [0.15, 0.2) is 0 Å². The summed E-state index contributed by atoms with van der Waals surface area (Å²) in [6, 6.07) is 10.4. The van der Waals surface area contributed by atoms with Crippen LogP contribution in [0.3, 0.4) is 0 Å². The lowest BCUT2D eigenvalue weighted by molar-refractivity contribution is -0.120. The summed E-state index contributed by atoms with van der Waals surface area (Å²) in [5.74, 6) is 0.543. The molecule has 1 unspecified atom stereocenters. The first-order valence-electron chi connectivity index (χ1n) is 9.11. The van der Waals surface area contributed by atoms with Crippen molar-refractivity contribution >= 4 is 28.1 Å². The zero-order chi connectivity index (χ0) is 17.6. The molecule has 2 aromatic rings. The van der Waals surface area contributed by atoms with Gasteiger partial charge in [0.1, 0.15) is 5.01 Å². The molecule has 25 heavy (non-hydrogen) atoms. The number of aromatic nitrogens is 2. The fourth-order valence-electron chi connectivity index (χ4n) is 3.29. The maximum atomic E-state index is 12.5. The largest absolute Gasteiger partial charge is 0.371 e. The van der Waals surface area contributed by atoms with Gasteiger partial charge in [-0.1, -0.05) is 49.8 Å². The molecule has 0 radical (unpaired) electrons. The van der Waals surface area contributed by atoms with Crippen LogP contribution >= 0.6 is 11.3 Å². The van der Waals surface area contributed by atoms with Crippen LogP contribution in [0.2, 0.25) is 0 Å². The highest BCUT2D eigenvalue weighted by molar-refractivity contribution is 7.15. The molecule has 1 atom stereocenters. The standard InChI is InChI=1S/C19H26N4OS/c1-3-7-14(2)18-21-22-19(25-18)20-17(24)15-10-12-23(13-11-15)16-8-5-4-6-9-16/h4-6,8-9,14-15H,3,7,10-13H2,1-2H3,(H,20,22,24). The van der Waals surface area contributed by atoms with E-state index in [9.17, 15) is 4.79 Å². The van der Waals surface area contributed by atoms with Crippen molar-refractivity contribution in [3.63, 3.8) is 0 Å². The molecule has 1 aliphatic heterocycles. The van der Waals surface area contributed by atoms with Gasteiger partial charge in [-0.25, -0.2) is 0 Å². The maximum absolute atomic E-state index is 12.5. The SMILES string of the molecule is CCCC(C)c1nnc(NC(=O)C2CCN(c3ccccc3)CC2)s1. The van der Waals surface area contributed by atoms with Crippen molar-refractivity contribution in [2.75, 3.05) is 23.3 Å². The summed E-state index contributed by atoms with van der Waals surface area (Å²) in [5.41, 5.74) is 1.24. The predicted octanol–water partition coefficient (Wildman–Crippen LogP) is 4.30. The highest BCUT2D eigenvalue weighted by Gasteiger charge is 2.26. The second kappa shape index (κ2) is 8.43. The number of carbonyl (C=O) groups is 1. The summed E-state index contributed by atoms with van der Waals surface area (Å²) < 4.78 is 0. The van der Waals surface area contributed by atoms with Gasteiger partial charge in [0.05, 0.1) is 0 Å². The molecule has 1 fully saturated rings. The average molecular weight is 359 g/mol. The van der Waals surface area contributed by atoms with Crippen molar-refractivity contribution < 1.29 is 4.79 Å². The minimum Gasteiger partial charge on any atom is -0.371 e. The minimum absolute atomic E-state index is 0.0559. The van der Waals surface area contributed by atoms with Crippen LogP contribution in [0.25, 0.3) is 0 Å². The van der Waals surface area contributed by atoms with Gasteiger partial charge in [0.2, 0.25) is 11.0 Å². The van der Waals surface area contributed by atoms with Crippen LogP contribution < -0.4 is 10.2 Å². The molecule has 0 aliphatic carbocycles. The molecule has 3 rings (SSSR count). The summed E-state index contributed by atoms with van der Waals surface area (Å²) >= 11 is 1.51. The third-order valence-electron chi connectivity index (χ3n) is 4.80. The number of para-hydroxylation sites is 1. The Labute approximate surface area is 153 Å². The summed E-state index contributed by atoms with van der Waals surface area (Å²) in [6.07, 6.45) is 3.97. The zero-order valence-electron chi connectivity index (χ0n) is 14.9. The third kappa shape index (κ3) is 4.57. The van der Waals surface area contributed by atoms with E-state index in [-0.39, 0.29) is 11.8 Å². The molecule has 1 aromatic heterocycles. The molecule has 0 spiro atoms. The summed E-state index contributed by atoms with van der Waals surface area (Å²) in [5, 5.41) is 13.0. The van der Waals surface area contributed by atoms with Crippen molar-refractivity contribution in [1.29, 1.82) is 0 Å². The Hall–Kier alpha value is -1.95. The zero-order valence-corrected chi connectivity index (χ0v) is 15.8. The van der Waals surface area contributed by atoms with E-state index >= 15 is 0 Å². The van der Waals surface area contributed by atoms with E-state index in [1.807, 2.05) is 6.07 Å². The van der Waals surface area contributed by atoms with Crippen LogP contribution in [0.15, 0.2) is 30.3 Å². The number of nitrogens with zero attached hydrogens (tertiary/aromatic N) is 3. The van der Waals surface area contributed by atoms with Crippen LogP contribution in [-0.4, -0.2) is 29.2 Å². The molecule has 1 N–H and O–H groups in total. The molecule has 1 saturated heterocycles. The van der Waals surface area contributed by atoms with E-state index in [1.54, 1.807) is 0 Å². The number of anilines is 2. The molecule has 2 heterocycles. The summed E-state index contributed by atoms with van der Waals surface area (Å²) in [6.45, 7) is 6.16.